The summed E-state index contributed by atoms with van der Waals surface area (Å²) in [6.45, 7) is 2.12. The molecule has 0 aliphatic carbocycles. The number of hydrogen-bond donors (Lipinski definition) is 3. The average molecular weight is 446 g/mol. The normalized spacial score (nSPS) is 27.0. The third-order valence-corrected chi connectivity index (χ3v) is 7.33. The summed E-state index contributed by atoms with van der Waals surface area (Å²) >= 11 is 1.68. The summed E-state index contributed by atoms with van der Waals surface area (Å²) in [6.07, 6.45) is 7.40. The van der Waals surface area contributed by atoms with Crippen LogP contribution in [-0.2, 0) is 9.59 Å². The van der Waals surface area contributed by atoms with Gasteiger partial charge in [0.15, 0.2) is 5.13 Å². The Morgan fingerprint density at radius 2 is 2.19 bits per heavy atom. The molecule has 2 bridgehead atoms. The molecular weight excluding hydrogens is 418 g/mol. The zero-order valence-electron chi connectivity index (χ0n) is 17.1. The van der Waals surface area contributed by atoms with Crippen molar-refractivity contribution in [3.05, 3.63) is 35.6 Å². The number of piperidine rings is 3. The maximum absolute atomic E-state index is 12.8. The Kier molecular flexibility index (Phi) is 6.55. The fourth-order valence-electron chi connectivity index (χ4n) is 5.33. The molecule has 2 amide bonds. The van der Waals surface area contributed by atoms with Gasteiger partial charge in [-0.25, -0.2) is 4.98 Å². The van der Waals surface area contributed by atoms with Crippen LogP contribution in [0.2, 0.25) is 0 Å². The van der Waals surface area contributed by atoms with E-state index in [0.29, 0.717) is 30.5 Å². The second-order valence-corrected chi connectivity index (χ2v) is 9.08. The van der Waals surface area contributed by atoms with E-state index in [1.54, 1.807) is 23.6 Å². The predicted molar refractivity (Wildman–Crippen MR) is 116 cm³/mol. The molecule has 0 aromatic carbocycles. The molecule has 2 aromatic rings. The van der Waals surface area contributed by atoms with Crippen LogP contribution in [0.4, 0.5) is 5.13 Å². The Balaban J connectivity index is 0.000000730. The van der Waals surface area contributed by atoms with Gasteiger partial charge in [-0.2, -0.15) is 0 Å². The van der Waals surface area contributed by atoms with Crippen molar-refractivity contribution in [2.75, 3.05) is 24.5 Å². The van der Waals surface area contributed by atoms with E-state index >= 15 is 0 Å². The molecule has 3 aliphatic rings. The van der Waals surface area contributed by atoms with Gasteiger partial charge in [-0.15, -0.1) is 11.3 Å². The lowest BCUT2D eigenvalue weighted by molar-refractivity contribution is -0.148. The standard InChI is InChI=1S/C20H25N5O2S.CH2O2/c26-18-5-1-4-16-13-9-14(12-24(11-13)20-22-7-8-28-20)17(25(16)18)10-23-19(27)15-3-2-6-21-15;2-1-3/h2-3,6-8,13-14,16-17,21H,1,4-5,9-12H2,(H,23,27);1H,(H,2,3)/t13-,14+,16+,17+;/m1./s1. The van der Waals surface area contributed by atoms with Gasteiger partial charge in [0.1, 0.15) is 5.69 Å². The second kappa shape index (κ2) is 9.51. The zero-order chi connectivity index (χ0) is 21.8. The van der Waals surface area contributed by atoms with Crippen molar-refractivity contribution in [1.29, 1.82) is 0 Å². The van der Waals surface area contributed by atoms with Crippen LogP contribution in [-0.4, -0.2) is 70.0 Å². The molecule has 3 fully saturated rings. The van der Waals surface area contributed by atoms with Crippen LogP contribution in [0.15, 0.2) is 29.9 Å². The summed E-state index contributed by atoms with van der Waals surface area (Å²) in [7, 11) is 0. The van der Waals surface area contributed by atoms with E-state index in [1.807, 2.05) is 17.6 Å². The molecule has 3 aliphatic heterocycles. The minimum atomic E-state index is -0.250. The highest BCUT2D eigenvalue weighted by Gasteiger charge is 2.49. The van der Waals surface area contributed by atoms with Gasteiger partial charge in [-0.05, 0) is 43.2 Å². The monoisotopic (exact) mass is 445 g/mol. The Hall–Kier alpha value is -2.88. The number of H-pyrrole nitrogens is 1. The largest absolute Gasteiger partial charge is 0.483 e. The number of carbonyl (C=O) groups is 3. The number of carbonyl (C=O) groups excluding carboxylic acids is 2. The van der Waals surface area contributed by atoms with Crippen LogP contribution in [0.25, 0.3) is 0 Å². The third kappa shape index (κ3) is 4.43. The van der Waals surface area contributed by atoms with E-state index in [4.69, 9.17) is 9.90 Å². The van der Waals surface area contributed by atoms with E-state index in [0.717, 1.165) is 37.5 Å². The molecule has 4 atom stereocenters. The van der Waals surface area contributed by atoms with Crippen LogP contribution in [0.3, 0.4) is 0 Å². The van der Waals surface area contributed by atoms with Crippen molar-refractivity contribution < 1.29 is 19.5 Å². The number of fused-ring (bicyclic) bond motifs is 4. The topological polar surface area (TPSA) is 119 Å². The minimum absolute atomic E-state index is 0.0516. The van der Waals surface area contributed by atoms with Gasteiger partial charge in [-0.3, -0.25) is 14.4 Å². The van der Waals surface area contributed by atoms with Gasteiger partial charge in [0.05, 0.1) is 6.04 Å². The lowest BCUT2D eigenvalue weighted by atomic mass is 9.72. The Morgan fingerprint density at radius 1 is 1.39 bits per heavy atom. The summed E-state index contributed by atoms with van der Waals surface area (Å²) in [6, 6.07) is 3.92. The fraction of sp³-hybridized carbons (Fsp3) is 0.524. The molecule has 0 spiro atoms. The molecule has 31 heavy (non-hydrogen) atoms. The SMILES string of the molecule is O=C(NC[C@H]1[C@H]2C[C@H](CN(c3nccs3)C2)[C@@H]2CCCC(=O)N21)c1ccc[nH]1.O=CO. The summed E-state index contributed by atoms with van der Waals surface area (Å²) in [5.41, 5.74) is 0.559. The number of aromatic amines is 1. The summed E-state index contributed by atoms with van der Waals surface area (Å²) in [4.78, 5) is 45.6. The maximum atomic E-state index is 12.8. The summed E-state index contributed by atoms with van der Waals surface area (Å²) in [5.74, 6) is 0.987. The molecular formula is C21H27N5O4S. The van der Waals surface area contributed by atoms with Crippen molar-refractivity contribution in [2.24, 2.45) is 11.8 Å². The molecule has 0 saturated carbocycles. The molecule has 0 unspecified atom stereocenters. The molecule has 0 radical (unpaired) electrons. The Morgan fingerprint density at radius 3 is 2.90 bits per heavy atom. The van der Waals surface area contributed by atoms with Crippen molar-refractivity contribution in [2.45, 2.75) is 37.8 Å². The summed E-state index contributed by atoms with van der Waals surface area (Å²) < 4.78 is 0. The van der Waals surface area contributed by atoms with Crippen molar-refractivity contribution >= 4 is 34.8 Å². The lowest BCUT2D eigenvalue weighted by Crippen LogP contribution is -2.67. The number of nitrogens with zero attached hydrogens (tertiary/aromatic N) is 3. The first-order valence-electron chi connectivity index (χ1n) is 10.6. The number of aromatic nitrogens is 2. The smallest absolute Gasteiger partial charge is 0.290 e. The highest BCUT2D eigenvalue weighted by molar-refractivity contribution is 7.13. The molecule has 5 heterocycles. The number of carboxylic acid groups (broad SMARTS) is 1. The maximum Gasteiger partial charge on any atom is 0.290 e. The first kappa shape index (κ1) is 21.4. The zero-order valence-corrected chi connectivity index (χ0v) is 18.0. The fourth-order valence-corrected chi connectivity index (χ4v) is 5.99. The van der Waals surface area contributed by atoms with E-state index < -0.39 is 0 Å². The molecule has 3 saturated heterocycles. The van der Waals surface area contributed by atoms with Crippen LogP contribution in [0.1, 0.15) is 36.2 Å². The quantitative estimate of drug-likeness (QED) is 0.618. The van der Waals surface area contributed by atoms with Crippen LogP contribution in [0.5, 0.6) is 0 Å². The van der Waals surface area contributed by atoms with Gasteiger partial charge in [0.25, 0.3) is 12.4 Å². The number of thiazole rings is 1. The van der Waals surface area contributed by atoms with E-state index in [2.05, 4.69) is 25.1 Å². The molecule has 10 heteroatoms. The van der Waals surface area contributed by atoms with Gasteiger partial charge < -0.3 is 25.2 Å². The van der Waals surface area contributed by atoms with Gasteiger partial charge in [-0.1, -0.05) is 0 Å². The Labute approximate surface area is 184 Å². The number of nitrogens with one attached hydrogen (secondary N) is 2. The molecule has 166 valence electrons. The second-order valence-electron chi connectivity index (χ2n) is 8.20. The van der Waals surface area contributed by atoms with Crippen LogP contribution in [0, 0.1) is 11.8 Å². The van der Waals surface area contributed by atoms with Crippen molar-refractivity contribution in [1.82, 2.24) is 20.2 Å². The predicted octanol–water partition coefficient (Wildman–Crippen LogP) is 1.81. The number of hydrogen-bond acceptors (Lipinski definition) is 6. The lowest BCUT2D eigenvalue weighted by Gasteiger charge is -2.56. The van der Waals surface area contributed by atoms with Gasteiger partial charge >= 0.3 is 0 Å². The number of amides is 2. The minimum Gasteiger partial charge on any atom is -0.483 e. The van der Waals surface area contributed by atoms with E-state index in [-0.39, 0.29) is 30.4 Å². The van der Waals surface area contributed by atoms with Crippen LogP contribution < -0.4 is 10.2 Å². The first-order chi connectivity index (χ1) is 15.1. The number of rotatable bonds is 4. The highest BCUT2D eigenvalue weighted by Crippen LogP contribution is 2.42. The first-order valence-corrected chi connectivity index (χ1v) is 11.5. The highest BCUT2D eigenvalue weighted by atomic mass is 32.1. The van der Waals surface area contributed by atoms with E-state index in [9.17, 15) is 9.59 Å². The molecule has 5 rings (SSSR count). The summed E-state index contributed by atoms with van der Waals surface area (Å²) in [5, 5.41) is 13.0. The van der Waals surface area contributed by atoms with Crippen molar-refractivity contribution in [3.63, 3.8) is 0 Å². The number of anilines is 1. The molecule has 3 N–H and O–H groups in total. The van der Waals surface area contributed by atoms with Crippen LogP contribution >= 0.6 is 11.3 Å². The third-order valence-electron chi connectivity index (χ3n) is 6.50. The van der Waals surface area contributed by atoms with Gasteiger partial charge in [0, 0.05) is 49.9 Å². The van der Waals surface area contributed by atoms with Gasteiger partial charge in [0.2, 0.25) is 5.91 Å². The molecule has 2 aromatic heterocycles. The Bertz CT molecular complexity index is 888. The average Bonchev–Trinajstić information content (AvgIpc) is 3.49. The molecule has 9 nitrogen and oxygen atoms in total. The van der Waals surface area contributed by atoms with Crippen molar-refractivity contribution in [3.8, 4) is 0 Å². The van der Waals surface area contributed by atoms with E-state index in [1.165, 1.54) is 0 Å².